The van der Waals surface area contributed by atoms with Crippen LogP contribution in [0, 0.1) is 11.8 Å². The van der Waals surface area contributed by atoms with Crippen LogP contribution < -0.4 is 11.1 Å². The van der Waals surface area contributed by atoms with Gasteiger partial charge in [-0.2, -0.15) is 0 Å². The zero-order valence-corrected chi connectivity index (χ0v) is 11.6. The number of hydrogen-bond acceptors (Lipinski definition) is 4. The van der Waals surface area contributed by atoms with Gasteiger partial charge in [-0.1, -0.05) is 11.8 Å². The molecule has 2 atom stereocenters. The summed E-state index contributed by atoms with van der Waals surface area (Å²) in [5.41, 5.74) is 6.46. The summed E-state index contributed by atoms with van der Waals surface area (Å²) in [5, 5.41) is 2.98. The fraction of sp³-hybridized carbons (Fsp3) is 0.467. The van der Waals surface area contributed by atoms with Crippen molar-refractivity contribution in [2.24, 2.45) is 5.73 Å². The SMILES string of the molecule is COC1CCC(NC(=O)c2ccc(C#CCN)cn2)C1. The number of methoxy groups -OCH3 is 1. The van der Waals surface area contributed by atoms with E-state index in [1.165, 1.54) is 0 Å². The Labute approximate surface area is 118 Å². The molecule has 20 heavy (non-hydrogen) atoms. The van der Waals surface area contributed by atoms with Crippen molar-refractivity contribution in [2.45, 2.75) is 31.4 Å². The molecule has 1 aliphatic rings. The van der Waals surface area contributed by atoms with E-state index in [-0.39, 0.29) is 18.1 Å². The lowest BCUT2D eigenvalue weighted by Crippen LogP contribution is -2.33. The molecule has 0 spiro atoms. The van der Waals surface area contributed by atoms with E-state index < -0.39 is 0 Å². The van der Waals surface area contributed by atoms with Crippen molar-refractivity contribution in [2.75, 3.05) is 13.7 Å². The minimum Gasteiger partial charge on any atom is -0.381 e. The van der Waals surface area contributed by atoms with Crippen molar-refractivity contribution in [1.29, 1.82) is 0 Å². The van der Waals surface area contributed by atoms with Crippen LogP contribution >= 0.6 is 0 Å². The Balaban J connectivity index is 1.92. The highest BCUT2D eigenvalue weighted by Crippen LogP contribution is 2.21. The first-order valence-corrected chi connectivity index (χ1v) is 6.71. The maximum absolute atomic E-state index is 12.1. The van der Waals surface area contributed by atoms with Gasteiger partial charge >= 0.3 is 0 Å². The minimum atomic E-state index is -0.148. The van der Waals surface area contributed by atoms with E-state index in [2.05, 4.69) is 22.1 Å². The molecule has 5 nitrogen and oxygen atoms in total. The topological polar surface area (TPSA) is 77.2 Å². The maximum atomic E-state index is 12.1. The fourth-order valence-corrected chi connectivity index (χ4v) is 2.30. The van der Waals surface area contributed by atoms with Gasteiger partial charge in [-0.25, -0.2) is 4.98 Å². The number of pyridine rings is 1. The van der Waals surface area contributed by atoms with Gasteiger partial charge in [0.15, 0.2) is 0 Å². The molecule has 0 saturated heterocycles. The van der Waals surface area contributed by atoms with Gasteiger partial charge in [0, 0.05) is 24.9 Å². The Bertz CT molecular complexity index is 516. The average molecular weight is 273 g/mol. The third kappa shape index (κ3) is 3.80. The third-order valence-electron chi connectivity index (χ3n) is 3.38. The molecule has 1 aromatic rings. The summed E-state index contributed by atoms with van der Waals surface area (Å²) in [6, 6.07) is 3.63. The number of hydrogen-bond donors (Lipinski definition) is 2. The first kappa shape index (κ1) is 14.5. The Kier molecular flexibility index (Phi) is 5.10. The predicted octanol–water partition coefficient (Wildman–Crippen LogP) is 0.689. The Morgan fingerprint density at radius 1 is 1.55 bits per heavy atom. The molecule has 106 valence electrons. The van der Waals surface area contributed by atoms with E-state index in [1.807, 2.05) is 0 Å². The Morgan fingerprint density at radius 2 is 2.40 bits per heavy atom. The summed E-state index contributed by atoms with van der Waals surface area (Å²) < 4.78 is 5.29. The van der Waals surface area contributed by atoms with Crippen LogP contribution in [0.5, 0.6) is 0 Å². The maximum Gasteiger partial charge on any atom is 0.270 e. The molecule has 2 rings (SSSR count). The number of carbonyl (C=O) groups excluding carboxylic acids is 1. The summed E-state index contributed by atoms with van der Waals surface area (Å²) in [5.74, 6) is 5.47. The Hall–Kier alpha value is -1.90. The van der Waals surface area contributed by atoms with Gasteiger partial charge in [-0.3, -0.25) is 4.79 Å². The van der Waals surface area contributed by atoms with Crippen molar-refractivity contribution in [3.05, 3.63) is 29.6 Å². The average Bonchev–Trinajstić information content (AvgIpc) is 2.93. The first-order valence-electron chi connectivity index (χ1n) is 6.71. The minimum absolute atomic E-state index is 0.148. The summed E-state index contributed by atoms with van der Waals surface area (Å²) in [6.07, 6.45) is 4.64. The van der Waals surface area contributed by atoms with Crippen LogP contribution in [0.25, 0.3) is 0 Å². The number of aromatic nitrogens is 1. The van der Waals surface area contributed by atoms with Crippen LogP contribution in [0.2, 0.25) is 0 Å². The number of ether oxygens (including phenoxy) is 1. The largest absolute Gasteiger partial charge is 0.381 e. The van der Waals surface area contributed by atoms with Crippen LogP contribution in [0.4, 0.5) is 0 Å². The quantitative estimate of drug-likeness (QED) is 0.794. The summed E-state index contributed by atoms with van der Waals surface area (Å²) in [7, 11) is 1.71. The molecular weight excluding hydrogens is 254 g/mol. The summed E-state index contributed by atoms with van der Waals surface area (Å²) >= 11 is 0. The second-order valence-corrected chi connectivity index (χ2v) is 4.78. The number of nitrogens with two attached hydrogens (primary N) is 1. The highest BCUT2D eigenvalue weighted by atomic mass is 16.5. The smallest absolute Gasteiger partial charge is 0.270 e. The molecule has 3 N–H and O–H groups in total. The van der Waals surface area contributed by atoms with Gasteiger partial charge in [0.05, 0.1) is 12.6 Å². The molecule has 1 saturated carbocycles. The zero-order chi connectivity index (χ0) is 14.4. The molecule has 2 unspecified atom stereocenters. The standard InChI is InChI=1S/C15H19N3O2/c1-20-13-6-5-12(9-13)18-15(19)14-7-4-11(10-17-14)3-2-8-16/h4,7,10,12-13H,5-6,8-9,16H2,1H3,(H,18,19). The molecule has 5 heteroatoms. The van der Waals surface area contributed by atoms with Gasteiger partial charge in [0.2, 0.25) is 0 Å². The number of rotatable bonds is 3. The second-order valence-electron chi connectivity index (χ2n) is 4.78. The molecule has 0 radical (unpaired) electrons. The molecule has 1 fully saturated rings. The van der Waals surface area contributed by atoms with Crippen molar-refractivity contribution in [1.82, 2.24) is 10.3 Å². The van der Waals surface area contributed by atoms with Crippen molar-refractivity contribution >= 4 is 5.91 Å². The van der Waals surface area contributed by atoms with E-state index in [1.54, 1.807) is 25.4 Å². The van der Waals surface area contributed by atoms with Crippen LogP contribution in [0.1, 0.15) is 35.3 Å². The highest BCUT2D eigenvalue weighted by molar-refractivity contribution is 5.92. The lowest BCUT2D eigenvalue weighted by Gasteiger charge is -2.12. The predicted molar refractivity (Wildman–Crippen MR) is 76.1 cm³/mol. The molecule has 0 bridgehead atoms. The normalized spacial score (nSPS) is 21.1. The van der Waals surface area contributed by atoms with E-state index in [0.29, 0.717) is 12.2 Å². The van der Waals surface area contributed by atoms with Gasteiger partial charge in [-0.15, -0.1) is 0 Å². The van der Waals surface area contributed by atoms with Crippen molar-refractivity contribution in [3.63, 3.8) is 0 Å². The summed E-state index contributed by atoms with van der Waals surface area (Å²) in [4.78, 5) is 16.2. The third-order valence-corrected chi connectivity index (χ3v) is 3.38. The first-order chi connectivity index (χ1) is 9.72. The number of nitrogens with zero attached hydrogens (tertiary/aromatic N) is 1. The molecule has 1 aliphatic carbocycles. The molecule has 1 amide bonds. The fourth-order valence-electron chi connectivity index (χ4n) is 2.30. The van der Waals surface area contributed by atoms with Crippen LogP contribution in [-0.4, -0.2) is 36.7 Å². The highest BCUT2D eigenvalue weighted by Gasteiger charge is 2.26. The zero-order valence-electron chi connectivity index (χ0n) is 11.6. The van der Waals surface area contributed by atoms with E-state index >= 15 is 0 Å². The number of carbonyl (C=O) groups is 1. The number of amides is 1. The Morgan fingerprint density at radius 3 is 3.00 bits per heavy atom. The lowest BCUT2D eigenvalue weighted by atomic mass is 10.2. The molecule has 1 heterocycles. The van der Waals surface area contributed by atoms with Crippen molar-refractivity contribution in [3.8, 4) is 11.8 Å². The van der Waals surface area contributed by atoms with E-state index in [0.717, 1.165) is 24.8 Å². The molecule has 0 aromatic carbocycles. The van der Waals surface area contributed by atoms with Gasteiger partial charge in [0.25, 0.3) is 5.91 Å². The molecule has 0 aliphatic heterocycles. The van der Waals surface area contributed by atoms with Crippen LogP contribution in [-0.2, 0) is 4.74 Å². The van der Waals surface area contributed by atoms with Gasteiger partial charge in [0.1, 0.15) is 5.69 Å². The van der Waals surface area contributed by atoms with E-state index in [4.69, 9.17) is 10.5 Å². The van der Waals surface area contributed by atoms with Gasteiger partial charge in [-0.05, 0) is 31.4 Å². The number of nitrogens with one attached hydrogen (secondary N) is 1. The van der Waals surface area contributed by atoms with E-state index in [9.17, 15) is 4.79 Å². The lowest BCUT2D eigenvalue weighted by molar-refractivity contribution is 0.0910. The molecular formula is C15H19N3O2. The molecule has 1 aromatic heterocycles. The second kappa shape index (κ2) is 7.04. The van der Waals surface area contributed by atoms with Crippen LogP contribution in [0.15, 0.2) is 18.3 Å². The van der Waals surface area contributed by atoms with Gasteiger partial charge < -0.3 is 15.8 Å². The van der Waals surface area contributed by atoms with Crippen molar-refractivity contribution < 1.29 is 9.53 Å². The summed E-state index contributed by atoms with van der Waals surface area (Å²) in [6.45, 7) is 0.310. The monoisotopic (exact) mass is 273 g/mol. The van der Waals surface area contributed by atoms with Crippen LogP contribution in [0.3, 0.4) is 0 Å².